The maximum Gasteiger partial charge on any atom is 0.337 e. The molecule has 1 aromatic heterocycles. The lowest BCUT2D eigenvalue weighted by atomic mass is 10.1. The third kappa shape index (κ3) is 4.54. The third-order valence-corrected chi connectivity index (χ3v) is 7.40. The Labute approximate surface area is 172 Å². The van der Waals surface area contributed by atoms with E-state index in [0.29, 0.717) is 13.1 Å². The molecule has 0 unspecified atom stereocenters. The Morgan fingerprint density at radius 1 is 1.32 bits per heavy atom. The molecule has 1 amide bonds. The van der Waals surface area contributed by atoms with E-state index < -0.39 is 16.0 Å². The number of hydrogen-bond donors (Lipinski definition) is 1. The van der Waals surface area contributed by atoms with Gasteiger partial charge in [-0.25, -0.2) is 17.9 Å². The number of methoxy groups -OCH3 is 1. The van der Waals surface area contributed by atoms with Gasteiger partial charge in [-0.1, -0.05) is 11.6 Å². The molecule has 1 N–H and O–H groups in total. The highest BCUT2D eigenvalue weighted by atomic mass is 35.5. The summed E-state index contributed by atoms with van der Waals surface area (Å²) in [6.45, 7) is 1.12. The topological polar surface area (TPSA) is 92.8 Å². The molecule has 1 aliphatic rings. The van der Waals surface area contributed by atoms with Crippen molar-refractivity contribution in [2.75, 3.05) is 20.2 Å². The number of sulfonamides is 1. The number of carbonyl (C=O) groups is 2. The SMILES string of the molecule is COC(=O)c1ccc(Cl)c(S(=O)(=O)NCCC(=O)N2CCc3sccc3C2)c1. The van der Waals surface area contributed by atoms with Crippen LogP contribution in [-0.4, -0.2) is 45.4 Å². The van der Waals surface area contributed by atoms with E-state index in [2.05, 4.69) is 9.46 Å². The van der Waals surface area contributed by atoms with Crippen molar-refractivity contribution in [3.05, 3.63) is 50.7 Å². The molecule has 0 aliphatic carbocycles. The number of fused-ring (bicyclic) bond motifs is 1. The lowest BCUT2D eigenvalue weighted by molar-refractivity contribution is -0.131. The molecule has 0 saturated carbocycles. The zero-order chi connectivity index (χ0) is 20.3. The number of rotatable bonds is 6. The minimum atomic E-state index is -3.98. The number of hydrogen-bond acceptors (Lipinski definition) is 6. The zero-order valence-electron chi connectivity index (χ0n) is 15.1. The van der Waals surface area contributed by atoms with Gasteiger partial charge in [-0.2, -0.15) is 0 Å². The van der Waals surface area contributed by atoms with Crippen LogP contribution in [0.15, 0.2) is 34.5 Å². The number of benzene rings is 1. The van der Waals surface area contributed by atoms with Gasteiger partial charge in [0.15, 0.2) is 0 Å². The molecule has 0 saturated heterocycles. The van der Waals surface area contributed by atoms with Crippen LogP contribution in [0.1, 0.15) is 27.2 Å². The van der Waals surface area contributed by atoms with Crippen LogP contribution in [0, 0.1) is 0 Å². The Kier molecular flexibility index (Phi) is 6.39. The smallest absolute Gasteiger partial charge is 0.337 e. The van der Waals surface area contributed by atoms with Crippen molar-refractivity contribution in [1.82, 2.24) is 9.62 Å². The first-order valence-corrected chi connectivity index (χ1v) is 11.3. The van der Waals surface area contributed by atoms with Crippen LogP contribution in [0.4, 0.5) is 0 Å². The maximum absolute atomic E-state index is 12.5. The molecule has 0 atom stereocenters. The van der Waals surface area contributed by atoms with Crippen LogP contribution in [0.2, 0.25) is 5.02 Å². The van der Waals surface area contributed by atoms with Crippen LogP contribution < -0.4 is 4.72 Å². The first-order chi connectivity index (χ1) is 13.3. The minimum absolute atomic E-state index is 0.0208. The third-order valence-electron chi connectivity index (χ3n) is 4.43. The largest absolute Gasteiger partial charge is 0.465 e. The molecule has 0 radical (unpaired) electrons. The predicted molar refractivity (Wildman–Crippen MR) is 106 cm³/mol. The Bertz CT molecular complexity index is 1000. The van der Waals surface area contributed by atoms with Crippen LogP contribution in [-0.2, 0) is 32.5 Å². The fourth-order valence-electron chi connectivity index (χ4n) is 2.94. The van der Waals surface area contributed by atoms with Gasteiger partial charge in [-0.3, -0.25) is 4.79 Å². The molecule has 1 aliphatic heterocycles. The van der Waals surface area contributed by atoms with Crippen molar-refractivity contribution in [3.63, 3.8) is 0 Å². The van der Waals surface area contributed by atoms with E-state index in [9.17, 15) is 18.0 Å². The highest BCUT2D eigenvalue weighted by Gasteiger charge is 2.23. The van der Waals surface area contributed by atoms with Gasteiger partial charge in [0.05, 0.1) is 17.7 Å². The summed E-state index contributed by atoms with van der Waals surface area (Å²) in [7, 11) is -2.78. The average molecular weight is 443 g/mol. The van der Waals surface area contributed by atoms with Crippen LogP contribution in [0.5, 0.6) is 0 Å². The van der Waals surface area contributed by atoms with Crippen molar-refractivity contribution >= 4 is 44.8 Å². The van der Waals surface area contributed by atoms with E-state index in [0.717, 1.165) is 18.1 Å². The maximum atomic E-state index is 12.5. The average Bonchev–Trinajstić information content (AvgIpc) is 3.15. The lowest BCUT2D eigenvalue weighted by Gasteiger charge is -2.27. The molecule has 28 heavy (non-hydrogen) atoms. The molecule has 0 spiro atoms. The molecule has 2 aromatic rings. The van der Waals surface area contributed by atoms with E-state index in [-0.39, 0.29) is 34.4 Å². The molecule has 2 heterocycles. The van der Waals surface area contributed by atoms with Gasteiger partial charge in [0, 0.05) is 30.9 Å². The highest BCUT2D eigenvalue weighted by molar-refractivity contribution is 7.89. The number of carbonyl (C=O) groups excluding carboxylic acids is 2. The van der Waals surface area contributed by atoms with E-state index >= 15 is 0 Å². The summed E-state index contributed by atoms with van der Waals surface area (Å²) in [4.78, 5) is 26.8. The van der Waals surface area contributed by atoms with Crippen LogP contribution in [0.25, 0.3) is 0 Å². The second-order valence-corrected chi connectivity index (χ2v) is 9.36. The fourth-order valence-corrected chi connectivity index (χ4v) is 5.39. The number of ether oxygens (including phenoxy) is 1. The number of nitrogens with zero attached hydrogens (tertiary/aromatic N) is 1. The quantitative estimate of drug-likeness (QED) is 0.693. The van der Waals surface area contributed by atoms with Gasteiger partial charge in [-0.05, 0) is 41.6 Å². The molecule has 150 valence electrons. The normalized spacial score (nSPS) is 13.9. The minimum Gasteiger partial charge on any atom is -0.465 e. The van der Waals surface area contributed by atoms with Gasteiger partial charge in [-0.15, -0.1) is 11.3 Å². The number of esters is 1. The van der Waals surface area contributed by atoms with Crippen molar-refractivity contribution in [3.8, 4) is 0 Å². The standard InChI is InChI=1S/C18H19ClN2O5S2/c1-26-18(23)12-2-3-14(19)16(10-12)28(24,25)20-7-4-17(22)21-8-5-15-13(11-21)6-9-27-15/h2-3,6,9-10,20H,4-5,7-8,11H2,1H3. The van der Waals surface area contributed by atoms with Gasteiger partial charge in [0.25, 0.3) is 0 Å². The van der Waals surface area contributed by atoms with Crippen molar-refractivity contribution < 1.29 is 22.7 Å². The van der Waals surface area contributed by atoms with Crippen molar-refractivity contribution in [2.45, 2.75) is 24.3 Å². The summed E-state index contributed by atoms with van der Waals surface area (Å²) in [6, 6.07) is 5.87. The molecule has 3 rings (SSSR count). The predicted octanol–water partition coefficient (Wildman–Crippen LogP) is 2.44. The summed E-state index contributed by atoms with van der Waals surface area (Å²) in [5.74, 6) is -0.782. The number of halogens is 1. The van der Waals surface area contributed by atoms with E-state index in [1.807, 2.05) is 11.4 Å². The molecular formula is C18H19ClN2O5S2. The van der Waals surface area contributed by atoms with Gasteiger partial charge < -0.3 is 9.64 Å². The first-order valence-electron chi connectivity index (χ1n) is 8.52. The van der Waals surface area contributed by atoms with Gasteiger partial charge in [0.1, 0.15) is 4.90 Å². The molecule has 7 nitrogen and oxygen atoms in total. The van der Waals surface area contributed by atoms with E-state index in [4.69, 9.17) is 11.6 Å². The summed E-state index contributed by atoms with van der Waals surface area (Å²) in [5.41, 5.74) is 1.22. The van der Waals surface area contributed by atoms with Gasteiger partial charge in [0.2, 0.25) is 15.9 Å². The molecule has 10 heteroatoms. The van der Waals surface area contributed by atoms with Crippen molar-refractivity contribution in [2.24, 2.45) is 0 Å². The number of nitrogens with one attached hydrogen (secondary N) is 1. The van der Waals surface area contributed by atoms with Crippen LogP contribution in [0.3, 0.4) is 0 Å². The first kappa shape index (κ1) is 20.8. The molecular weight excluding hydrogens is 424 g/mol. The second kappa shape index (κ2) is 8.60. The van der Waals surface area contributed by atoms with Crippen LogP contribution >= 0.6 is 22.9 Å². The Hall–Kier alpha value is -1.94. The summed E-state index contributed by atoms with van der Waals surface area (Å²) in [6.07, 6.45) is 0.855. The summed E-state index contributed by atoms with van der Waals surface area (Å²) < 4.78 is 32.0. The lowest BCUT2D eigenvalue weighted by Crippen LogP contribution is -2.37. The Morgan fingerprint density at radius 3 is 2.86 bits per heavy atom. The zero-order valence-corrected chi connectivity index (χ0v) is 17.5. The number of amides is 1. The highest BCUT2D eigenvalue weighted by Crippen LogP contribution is 2.25. The summed E-state index contributed by atoms with van der Waals surface area (Å²) >= 11 is 7.67. The Morgan fingerprint density at radius 2 is 2.11 bits per heavy atom. The monoisotopic (exact) mass is 442 g/mol. The van der Waals surface area contributed by atoms with Gasteiger partial charge >= 0.3 is 5.97 Å². The Balaban J connectivity index is 1.61. The second-order valence-electron chi connectivity index (χ2n) is 6.22. The van der Waals surface area contributed by atoms with E-state index in [1.165, 1.54) is 24.1 Å². The fraction of sp³-hybridized carbons (Fsp3) is 0.333. The number of thiophene rings is 1. The summed E-state index contributed by atoms with van der Waals surface area (Å²) in [5, 5.41) is 1.99. The molecule has 0 fully saturated rings. The van der Waals surface area contributed by atoms with E-state index in [1.54, 1.807) is 16.2 Å². The molecule has 0 bridgehead atoms. The van der Waals surface area contributed by atoms with Crippen molar-refractivity contribution in [1.29, 1.82) is 0 Å². The molecule has 1 aromatic carbocycles.